The molecule has 5 heteroatoms. The maximum atomic E-state index is 10.5. The lowest BCUT2D eigenvalue weighted by atomic mass is 10.0. The van der Waals surface area contributed by atoms with E-state index in [2.05, 4.69) is 11.4 Å². The normalized spacial score (nSPS) is 12.0. The molecule has 0 bridgehead atoms. The molecule has 4 nitrogen and oxygen atoms in total. The Balaban J connectivity index is 3.02. The van der Waals surface area contributed by atoms with Gasteiger partial charge < -0.3 is 9.79 Å². The summed E-state index contributed by atoms with van der Waals surface area (Å²) in [6, 6.07) is 0. The summed E-state index contributed by atoms with van der Waals surface area (Å²) in [6.45, 7) is 2.45. The number of rotatable bonds is 24. The largest absolute Gasteiger partial charge is 0.469 e. The predicted molar refractivity (Wildman–Crippen MR) is 125 cm³/mol. The quantitative estimate of drug-likeness (QED) is 0.118. The van der Waals surface area contributed by atoms with Crippen LogP contribution in [-0.2, 0) is 9.09 Å². The smallest absolute Gasteiger partial charge is 0.303 e. The average Bonchev–Trinajstić information content (AvgIpc) is 2.67. The van der Waals surface area contributed by atoms with Gasteiger partial charge in [-0.15, -0.1) is 0 Å². The third-order valence-electron chi connectivity index (χ3n) is 5.76. The molecule has 0 aliphatic heterocycles. The van der Waals surface area contributed by atoms with Crippen LogP contribution in [0.3, 0.4) is 0 Å². The van der Waals surface area contributed by atoms with Crippen molar-refractivity contribution in [2.24, 2.45) is 0 Å². The lowest BCUT2D eigenvalue weighted by Gasteiger charge is -2.05. The third kappa shape index (κ3) is 28.1. The second-order valence-electron chi connectivity index (χ2n) is 8.75. The minimum atomic E-state index is -4.26. The summed E-state index contributed by atoms with van der Waals surface area (Å²) in [6.07, 6.45) is 29.5. The SMILES string of the molecule is CCCCCCCCCCCCCCCCCCCCCCCCOP(=O)(O)O. The first-order chi connectivity index (χ1) is 14.1. The molecule has 0 radical (unpaired) electrons. The highest BCUT2D eigenvalue weighted by molar-refractivity contribution is 7.46. The molecule has 0 aliphatic carbocycles. The average molecular weight is 435 g/mol. The summed E-state index contributed by atoms with van der Waals surface area (Å²) in [4.78, 5) is 17.2. The zero-order valence-corrected chi connectivity index (χ0v) is 20.3. The van der Waals surface area contributed by atoms with E-state index >= 15 is 0 Å². The van der Waals surface area contributed by atoms with Gasteiger partial charge in [0.15, 0.2) is 0 Å². The van der Waals surface area contributed by atoms with Crippen LogP contribution in [0.15, 0.2) is 0 Å². The van der Waals surface area contributed by atoms with Gasteiger partial charge in [0.25, 0.3) is 0 Å². The molecular weight excluding hydrogens is 383 g/mol. The molecule has 0 saturated heterocycles. The Hall–Kier alpha value is 0.110. The van der Waals surface area contributed by atoms with E-state index in [0.29, 0.717) is 0 Å². The van der Waals surface area contributed by atoms with Crippen molar-refractivity contribution in [3.05, 3.63) is 0 Å². The van der Waals surface area contributed by atoms with Crippen LogP contribution in [0.2, 0.25) is 0 Å². The molecule has 29 heavy (non-hydrogen) atoms. The molecule has 0 fully saturated rings. The molecule has 0 spiro atoms. The van der Waals surface area contributed by atoms with Gasteiger partial charge in [0.1, 0.15) is 0 Å². The van der Waals surface area contributed by atoms with Crippen LogP contribution in [0, 0.1) is 0 Å². The standard InChI is InChI=1S/C24H51O4P/c1-2-3-4-5-6-7-8-9-10-11-12-13-14-15-16-17-18-19-20-21-22-23-24-28-29(25,26)27/h2-24H2,1H3,(H2,25,26,27). The molecule has 0 aromatic carbocycles. The van der Waals surface area contributed by atoms with Gasteiger partial charge in [-0.1, -0.05) is 142 Å². The molecule has 2 N–H and O–H groups in total. The first-order valence-corrected chi connectivity index (χ1v) is 14.3. The fourth-order valence-electron chi connectivity index (χ4n) is 3.89. The zero-order chi connectivity index (χ0) is 21.5. The minimum absolute atomic E-state index is 0.170. The highest BCUT2D eigenvalue weighted by Crippen LogP contribution is 2.35. The Morgan fingerprint density at radius 1 is 0.483 bits per heavy atom. The van der Waals surface area contributed by atoms with Crippen molar-refractivity contribution in [2.75, 3.05) is 6.61 Å². The summed E-state index contributed by atoms with van der Waals surface area (Å²) in [5.41, 5.74) is 0. The minimum Gasteiger partial charge on any atom is -0.303 e. The molecule has 0 aromatic heterocycles. The van der Waals surface area contributed by atoms with Gasteiger partial charge in [-0.05, 0) is 6.42 Å². The van der Waals surface area contributed by atoms with Gasteiger partial charge in [0, 0.05) is 0 Å². The summed E-state index contributed by atoms with van der Waals surface area (Å²) >= 11 is 0. The summed E-state index contributed by atoms with van der Waals surface area (Å²) in [7, 11) is -4.26. The van der Waals surface area contributed by atoms with Gasteiger partial charge in [-0.2, -0.15) is 0 Å². The van der Waals surface area contributed by atoms with E-state index in [1.165, 1.54) is 122 Å². The van der Waals surface area contributed by atoms with Gasteiger partial charge in [0.2, 0.25) is 0 Å². The Morgan fingerprint density at radius 2 is 0.724 bits per heavy atom. The summed E-state index contributed by atoms with van der Waals surface area (Å²) in [5.74, 6) is 0. The van der Waals surface area contributed by atoms with Crippen molar-refractivity contribution < 1.29 is 18.9 Å². The number of unbranched alkanes of at least 4 members (excludes halogenated alkanes) is 21. The van der Waals surface area contributed by atoms with Crippen molar-refractivity contribution >= 4 is 7.82 Å². The van der Waals surface area contributed by atoms with Gasteiger partial charge >= 0.3 is 7.82 Å². The first kappa shape index (κ1) is 29.1. The van der Waals surface area contributed by atoms with Crippen LogP contribution in [0.5, 0.6) is 0 Å². The fraction of sp³-hybridized carbons (Fsp3) is 1.00. The van der Waals surface area contributed by atoms with Crippen molar-refractivity contribution in [3.63, 3.8) is 0 Å². The van der Waals surface area contributed by atoms with E-state index in [1.54, 1.807) is 0 Å². The van der Waals surface area contributed by atoms with Gasteiger partial charge in [-0.25, -0.2) is 4.57 Å². The van der Waals surface area contributed by atoms with Crippen molar-refractivity contribution in [3.8, 4) is 0 Å². The molecule has 0 aromatic rings. The lowest BCUT2D eigenvalue weighted by molar-refractivity contribution is 0.193. The zero-order valence-electron chi connectivity index (χ0n) is 19.4. The van der Waals surface area contributed by atoms with Crippen LogP contribution in [0.25, 0.3) is 0 Å². The van der Waals surface area contributed by atoms with Crippen LogP contribution < -0.4 is 0 Å². The third-order valence-corrected chi connectivity index (χ3v) is 6.28. The summed E-state index contributed by atoms with van der Waals surface area (Å²) in [5, 5.41) is 0. The molecular formula is C24H51O4P. The summed E-state index contributed by atoms with van der Waals surface area (Å²) < 4.78 is 15.0. The molecule has 176 valence electrons. The molecule has 0 aliphatic rings. The van der Waals surface area contributed by atoms with E-state index < -0.39 is 7.82 Å². The lowest BCUT2D eigenvalue weighted by Crippen LogP contribution is -1.92. The molecule has 0 rings (SSSR count). The fourth-order valence-corrected chi connectivity index (χ4v) is 4.26. The number of hydrogen-bond acceptors (Lipinski definition) is 2. The van der Waals surface area contributed by atoms with E-state index in [-0.39, 0.29) is 6.61 Å². The Kier molecular flexibility index (Phi) is 22.9. The van der Waals surface area contributed by atoms with Crippen LogP contribution in [0.1, 0.15) is 148 Å². The van der Waals surface area contributed by atoms with Crippen LogP contribution >= 0.6 is 7.82 Å². The monoisotopic (exact) mass is 434 g/mol. The van der Waals surface area contributed by atoms with E-state index in [4.69, 9.17) is 9.79 Å². The Morgan fingerprint density at radius 3 is 0.966 bits per heavy atom. The van der Waals surface area contributed by atoms with Crippen LogP contribution in [0.4, 0.5) is 0 Å². The molecule has 0 saturated carbocycles. The molecule has 0 unspecified atom stereocenters. The molecule has 0 heterocycles. The maximum Gasteiger partial charge on any atom is 0.469 e. The molecule has 0 amide bonds. The van der Waals surface area contributed by atoms with Gasteiger partial charge in [-0.3, -0.25) is 4.52 Å². The second kappa shape index (κ2) is 22.8. The number of hydrogen-bond donors (Lipinski definition) is 2. The van der Waals surface area contributed by atoms with Crippen molar-refractivity contribution in [1.82, 2.24) is 0 Å². The predicted octanol–water partition coefficient (Wildman–Crippen LogP) is 8.70. The van der Waals surface area contributed by atoms with Gasteiger partial charge in [0.05, 0.1) is 6.61 Å². The van der Waals surface area contributed by atoms with Crippen LogP contribution in [-0.4, -0.2) is 16.4 Å². The van der Waals surface area contributed by atoms with E-state index in [9.17, 15) is 4.57 Å². The highest BCUT2D eigenvalue weighted by atomic mass is 31.2. The second-order valence-corrected chi connectivity index (χ2v) is 9.99. The highest BCUT2D eigenvalue weighted by Gasteiger charge is 2.12. The number of phosphoric acid groups is 1. The first-order valence-electron chi connectivity index (χ1n) is 12.8. The van der Waals surface area contributed by atoms with E-state index in [0.717, 1.165) is 19.3 Å². The van der Waals surface area contributed by atoms with Crippen molar-refractivity contribution in [2.45, 2.75) is 148 Å². The Bertz CT molecular complexity index is 357. The van der Waals surface area contributed by atoms with E-state index in [1.807, 2.05) is 0 Å². The molecule has 0 atom stereocenters. The maximum absolute atomic E-state index is 10.5. The number of phosphoric ester groups is 1. The Labute approximate surface area is 181 Å². The topological polar surface area (TPSA) is 66.8 Å². The van der Waals surface area contributed by atoms with Crippen molar-refractivity contribution in [1.29, 1.82) is 0 Å².